The van der Waals surface area contributed by atoms with Crippen molar-refractivity contribution in [2.45, 2.75) is 18.9 Å². The zero-order valence-electron chi connectivity index (χ0n) is 12.8. The quantitative estimate of drug-likeness (QED) is 0.912. The number of benzene rings is 1. The number of ether oxygens (including phenoxy) is 2. The van der Waals surface area contributed by atoms with E-state index in [9.17, 15) is 13.6 Å². The van der Waals surface area contributed by atoms with Crippen LogP contribution < -0.4 is 10.1 Å². The molecule has 2 heterocycles. The van der Waals surface area contributed by atoms with Gasteiger partial charge in [-0.05, 0) is 37.1 Å². The fourth-order valence-corrected chi connectivity index (χ4v) is 2.38. The van der Waals surface area contributed by atoms with E-state index in [1.54, 1.807) is 0 Å². The van der Waals surface area contributed by atoms with Crippen molar-refractivity contribution in [3.8, 4) is 5.75 Å². The first-order valence-corrected chi connectivity index (χ1v) is 7.58. The van der Waals surface area contributed by atoms with E-state index in [1.165, 1.54) is 18.2 Å². The van der Waals surface area contributed by atoms with Crippen LogP contribution in [0.25, 0.3) is 0 Å². The Morgan fingerprint density at radius 2 is 2.12 bits per heavy atom. The van der Waals surface area contributed by atoms with E-state index >= 15 is 0 Å². The molecule has 126 valence electrons. The lowest BCUT2D eigenvalue weighted by Crippen LogP contribution is -2.18. The fourth-order valence-electron chi connectivity index (χ4n) is 2.38. The standard InChI is InChI=1S/C17H16F2N2O3/c18-11-4-6-16(24-10-13-2-1-7-23-13)15(8-11)21-17(22)14-5-3-12(19)9-20-14/h3-6,8-9,13H,1-2,7,10H2,(H,21,22)/t13-/m1/s1. The van der Waals surface area contributed by atoms with Gasteiger partial charge < -0.3 is 14.8 Å². The Bertz CT molecular complexity index is 716. The topological polar surface area (TPSA) is 60.5 Å². The smallest absolute Gasteiger partial charge is 0.274 e. The maximum Gasteiger partial charge on any atom is 0.274 e. The Balaban J connectivity index is 1.72. The fraction of sp³-hybridized carbons (Fsp3) is 0.294. The lowest BCUT2D eigenvalue weighted by atomic mass is 10.2. The number of carbonyl (C=O) groups is 1. The van der Waals surface area contributed by atoms with E-state index in [-0.39, 0.29) is 17.5 Å². The summed E-state index contributed by atoms with van der Waals surface area (Å²) in [6.07, 6.45) is 2.83. The zero-order chi connectivity index (χ0) is 16.9. The highest BCUT2D eigenvalue weighted by Crippen LogP contribution is 2.27. The van der Waals surface area contributed by atoms with Crippen molar-refractivity contribution < 1.29 is 23.0 Å². The van der Waals surface area contributed by atoms with Gasteiger partial charge in [-0.2, -0.15) is 0 Å². The Labute approximate surface area is 137 Å². The summed E-state index contributed by atoms with van der Waals surface area (Å²) >= 11 is 0. The van der Waals surface area contributed by atoms with Crippen molar-refractivity contribution >= 4 is 11.6 Å². The van der Waals surface area contributed by atoms with Gasteiger partial charge in [-0.15, -0.1) is 0 Å². The molecule has 1 fully saturated rings. The van der Waals surface area contributed by atoms with E-state index in [1.807, 2.05) is 0 Å². The monoisotopic (exact) mass is 334 g/mol. The van der Waals surface area contributed by atoms with Gasteiger partial charge in [0.05, 0.1) is 18.0 Å². The van der Waals surface area contributed by atoms with Crippen LogP contribution in [0.15, 0.2) is 36.5 Å². The summed E-state index contributed by atoms with van der Waals surface area (Å²) < 4.78 is 37.5. The molecule has 1 amide bonds. The van der Waals surface area contributed by atoms with Crippen molar-refractivity contribution in [3.05, 3.63) is 53.9 Å². The summed E-state index contributed by atoms with van der Waals surface area (Å²) in [4.78, 5) is 15.8. The first-order chi connectivity index (χ1) is 11.6. The minimum absolute atomic E-state index is 0.00244. The molecule has 5 nitrogen and oxygen atoms in total. The first kappa shape index (κ1) is 16.3. The number of carbonyl (C=O) groups excluding carboxylic acids is 1. The molecule has 0 radical (unpaired) electrons. The Kier molecular flexibility index (Phi) is 5.00. The first-order valence-electron chi connectivity index (χ1n) is 7.58. The molecule has 7 heteroatoms. The van der Waals surface area contributed by atoms with Gasteiger partial charge >= 0.3 is 0 Å². The van der Waals surface area contributed by atoms with Crippen molar-refractivity contribution in [1.29, 1.82) is 0 Å². The van der Waals surface area contributed by atoms with Crippen molar-refractivity contribution in [3.63, 3.8) is 0 Å². The normalized spacial score (nSPS) is 16.8. The Hall–Kier alpha value is -2.54. The van der Waals surface area contributed by atoms with Crippen LogP contribution in [0.2, 0.25) is 0 Å². The van der Waals surface area contributed by atoms with Crippen LogP contribution >= 0.6 is 0 Å². The molecule has 24 heavy (non-hydrogen) atoms. The Morgan fingerprint density at radius 3 is 2.83 bits per heavy atom. The largest absolute Gasteiger partial charge is 0.489 e. The molecule has 0 aliphatic carbocycles. The van der Waals surface area contributed by atoms with Gasteiger partial charge in [-0.25, -0.2) is 13.8 Å². The molecule has 1 saturated heterocycles. The number of halogens is 2. The summed E-state index contributed by atoms with van der Waals surface area (Å²) in [5, 5.41) is 2.53. The van der Waals surface area contributed by atoms with Gasteiger partial charge in [0.2, 0.25) is 0 Å². The van der Waals surface area contributed by atoms with Gasteiger partial charge in [0, 0.05) is 12.7 Å². The van der Waals surface area contributed by atoms with Crippen LogP contribution in [0.4, 0.5) is 14.5 Å². The zero-order valence-corrected chi connectivity index (χ0v) is 12.8. The molecule has 1 N–H and O–H groups in total. The molecule has 0 unspecified atom stereocenters. The molecular formula is C17H16F2N2O3. The number of nitrogens with one attached hydrogen (secondary N) is 1. The minimum Gasteiger partial charge on any atom is -0.489 e. The minimum atomic E-state index is -0.581. The van der Waals surface area contributed by atoms with Crippen LogP contribution in [0, 0.1) is 11.6 Å². The van der Waals surface area contributed by atoms with E-state index in [0.717, 1.165) is 31.2 Å². The molecule has 2 aromatic rings. The molecule has 0 spiro atoms. The van der Waals surface area contributed by atoms with Crippen LogP contribution in [0.5, 0.6) is 5.75 Å². The highest BCUT2D eigenvalue weighted by atomic mass is 19.1. The molecule has 1 atom stereocenters. The molecule has 3 rings (SSSR count). The van der Waals surface area contributed by atoms with Gasteiger partial charge in [0.25, 0.3) is 5.91 Å². The van der Waals surface area contributed by atoms with Crippen molar-refractivity contribution in [2.75, 3.05) is 18.5 Å². The SMILES string of the molecule is O=C(Nc1cc(F)ccc1OC[C@H]1CCCO1)c1ccc(F)cn1. The summed E-state index contributed by atoms with van der Waals surface area (Å²) in [6, 6.07) is 6.22. The van der Waals surface area contributed by atoms with Crippen LogP contribution in [0.3, 0.4) is 0 Å². The molecule has 1 aliphatic heterocycles. The number of amides is 1. The molecule has 1 aromatic carbocycles. The summed E-state index contributed by atoms with van der Waals surface area (Å²) in [5.74, 6) is -1.30. The number of nitrogens with zero attached hydrogens (tertiary/aromatic N) is 1. The number of hydrogen-bond acceptors (Lipinski definition) is 4. The van der Waals surface area contributed by atoms with Gasteiger partial charge in [-0.3, -0.25) is 4.79 Å². The molecule has 1 aliphatic rings. The molecule has 1 aromatic heterocycles. The average Bonchev–Trinajstić information content (AvgIpc) is 3.08. The lowest BCUT2D eigenvalue weighted by Gasteiger charge is -2.15. The number of anilines is 1. The highest BCUT2D eigenvalue weighted by molar-refractivity contribution is 6.03. The Morgan fingerprint density at radius 1 is 1.29 bits per heavy atom. The average molecular weight is 334 g/mol. The highest BCUT2D eigenvalue weighted by Gasteiger charge is 2.18. The number of pyridine rings is 1. The third kappa shape index (κ3) is 4.05. The second-order valence-electron chi connectivity index (χ2n) is 5.40. The third-order valence-electron chi connectivity index (χ3n) is 3.60. The van der Waals surface area contributed by atoms with Gasteiger partial charge in [0.15, 0.2) is 0 Å². The van der Waals surface area contributed by atoms with E-state index < -0.39 is 17.5 Å². The number of rotatable bonds is 5. The molecular weight excluding hydrogens is 318 g/mol. The van der Waals surface area contributed by atoms with Crippen LogP contribution in [-0.2, 0) is 4.74 Å². The van der Waals surface area contributed by atoms with Crippen LogP contribution in [0.1, 0.15) is 23.3 Å². The summed E-state index contributed by atoms with van der Waals surface area (Å²) in [6.45, 7) is 1.03. The third-order valence-corrected chi connectivity index (χ3v) is 3.60. The maximum absolute atomic E-state index is 13.5. The predicted molar refractivity (Wildman–Crippen MR) is 83.0 cm³/mol. The van der Waals surface area contributed by atoms with E-state index in [4.69, 9.17) is 9.47 Å². The lowest BCUT2D eigenvalue weighted by molar-refractivity contribution is 0.0681. The van der Waals surface area contributed by atoms with E-state index in [0.29, 0.717) is 19.0 Å². The van der Waals surface area contributed by atoms with E-state index in [2.05, 4.69) is 10.3 Å². The number of hydrogen-bond donors (Lipinski definition) is 1. The second-order valence-corrected chi connectivity index (χ2v) is 5.40. The number of aromatic nitrogens is 1. The second kappa shape index (κ2) is 7.35. The predicted octanol–water partition coefficient (Wildman–Crippen LogP) is 3.17. The maximum atomic E-state index is 13.5. The van der Waals surface area contributed by atoms with Gasteiger partial charge in [-0.1, -0.05) is 0 Å². The summed E-state index contributed by atoms with van der Waals surface area (Å²) in [5.41, 5.74) is 0.204. The van der Waals surface area contributed by atoms with Crippen LogP contribution in [-0.4, -0.2) is 30.2 Å². The molecule has 0 bridgehead atoms. The van der Waals surface area contributed by atoms with Gasteiger partial charge in [0.1, 0.15) is 29.7 Å². The van der Waals surface area contributed by atoms with Crippen molar-refractivity contribution in [1.82, 2.24) is 4.98 Å². The van der Waals surface area contributed by atoms with Crippen molar-refractivity contribution in [2.24, 2.45) is 0 Å². The summed E-state index contributed by atoms with van der Waals surface area (Å²) in [7, 11) is 0. The molecule has 0 saturated carbocycles.